The number of benzene rings is 1. The molecular formula is C11H9ClN2O2. The molecule has 82 valence electrons. The number of aryl methyl sites for hydroxylation is 1. The van der Waals surface area contributed by atoms with Crippen LogP contribution in [0.5, 0.6) is 0 Å². The van der Waals surface area contributed by atoms with Gasteiger partial charge < -0.3 is 5.11 Å². The predicted molar refractivity (Wildman–Crippen MR) is 60.7 cm³/mol. The van der Waals surface area contributed by atoms with Crippen molar-refractivity contribution in [1.82, 2.24) is 10.2 Å². The molecule has 1 aromatic heterocycles. The summed E-state index contributed by atoms with van der Waals surface area (Å²) in [5.41, 5.74) is 2.30. The van der Waals surface area contributed by atoms with Crippen LogP contribution in [-0.2, 0) is 0 Å². The number of nitrogens with one attached hydrogen (secondary N) is 1. The Kier molecular flexibility index (Phi) is 2.66. The van der Waals surface area contributed by atoms with Gasteiger partial charge in [-0.2, -0.15) is 5.10 Å². The number of H-pyrrole nitrogens is 1. The van der Waals surface area contributed by atoms with Crippen LogP contribution in [0.15, 0.2) is 24.3 Å². The van der Waals surface area contributed by atoms with E-state index in [1.165, 1.54) is 6.07 Å². The van der Waals surface area contributed by atoms with Crippen molar-refractivity contribution in [3.63, 3.8) is 0 Å². The zero-order valence-electron chi connectivity index (χ0n) is 8.49. The Morgan fingerprint density at radius 2 is 2.25 bits per heavy atom. The number of halogens is 1. The van der Waals surface area contributed by atoms with E-state index in [2.05, 4.69) is 10.2 Å². The highest BCUT2D eigenvalue weighted by molar-refractivity contribution is 6.33. The van der Waals surface area contributed by atoms with Gasteiger partial charge in [-0.25, -0.2) is 4.79 Å². The van der Waals surface area contributed by atoms with Gasteiger partial charge in [0.25, 0.3) is 0 Å². The van der Waals surface area contributed by atoms with Crippen LogP contribution >= 0.6 is 11.6 Å². The Morgan fingerprint density at radius 3 is 2.81 bits per heavy atom. The van der Waals surface area contributed by atoms with E-state index in [-0.39, 0.29) is 5.69 Å². The normalized spacial score (nSPS) is 10.4. The lowest BCUT2D eigenvalue weighted by Crippen LogP contribution is -1.95. The molecule has 0 aliphatic heterocycles. The van der Waals surface area contributed by atoms with E-state index in [1.807, 2.05) is 19.1 Å². The lowest BCUT2D eigenvalue weighted by Gasteiger charge is -2.03. The van der Waals surface area contributed by atoms with Gasteiger partial charge in [-0.05, 0) is 24.6 Å². The van der Waals surface area contributed by atoms with Gasteiger partial charge in [0.2, 0.25) is 0 Å². The van der Waals surface area contributed by atoms with Crippen molar-refractivity contribution in [2.45, 2.75) is 6.92 Å². The number of nitrogens with zero attached hydrogens (tertiary/aromatic N) is 1. The Bertz CT molecular complexity index is 528. The summed E-state index contributed by atoms with van der Waals surface area (Å²) in [4.78, 5) is 10.7. The molecule has 16 heavy (non-hydrogen) atoms. The monoisotopic (exact) mass is 236 g/mol. The minimum absolute atomic E-state index is 0.0503. The Hall–Kier alpha value is -1.81. The van der Waals surface area contributed by atoms with Crippen LogP contribution in [0.2, 0.25) is 5.02 Å². The molecule has 0 amide bonds. The molecule has 0 bridgehead atoms. The molecule has 2 rings (SSSR count). The average Bonchev–Trinajstić information content (AvgIpc) is 2.66. The molecule has 1 heterocycles. The molecule has 0 atom stereocenters. The topological polar surface area (TPSA) is 66.0 Å². The maximum Gasteiger partial charge on any atom is 0.353 e. The molecule has 2 aromatic rings. The molecule has 0 unspecified atom stereocenters. The fourth-order valence-electron chi connectivity index (χ4n) is 1.52. The molecule has 0 saturated heterocycles. The Morgan fingerprint density at radius 1 is 1.50 bits per heavy atom. The standard InChI is InChI=1S/C11H9ClN2O2/c1-6-3-2-4-7(12)10(6)8-5-9(11(15)16)14-13-8/h2-5H,1H3,(H,13,14)(H,15,16). The molecular weight excluding hydrogens is 228 g/mol. The summed E-state index contributed by atoms with van der Waals surface area (Å²) in [5.74, 6) is -1.04. The van der Waals surface area contributed by atoms with Gasteiger partial charge in [-0.1, -0.05) is 23.7 Å². The summed E-state index contributed by atoms with van der Waals surface area (Å²) >= 11 is 6.05. The summed E-state index contributed by atoms with van der Waals surface area (Å²) in [6, 6.07) is 6.96. The number of carbonyl (C=O) groups is 1. The Balaban J connectivity index is 2.54. The number of aromatic carboxylic acids is 1. The second-order valence-corrected chi connectivity index (χ2v) is 3.81. The molecule has 2 N–H and O–H groups in total. The second-order valence-electron chi connectivity index (χ2n) is 3.40. The van der Waals surface area contributed by atoms with Crippen molar-refractivity contribution in [2.75, 3.05) is 0 Å². The van der Waals surface area contributed by atoms with E-state index in [4.69, 9.17) is 16.7 Å². The predicted octanol–water partition coefficient (Wildman–Crippen LogP) is 2.74. The summed E-state index contributed by atoms with van der Waals surface area (Å²) in [6.07, 6.45) is 0. The third-order valence-electron chi connectivity index (χ3n) is 2.29. The first-order valence-corrected chi connectivity index (χ1v) is 5.01. The SMILES string of the molecule is Cc1cccc(Cl)c1-c1cc(C(=O)O)[nH]n1. The van der Waals surface area contributed by atoms with Crippen molar-refractivity contribution in [1.29, 1.82) is 0 Å². The lowest BCUT2D eigenvalue weighted by atomic mass is 10.1. The third-order valence-corrected chi connectivity index (χ3v) is 2.60. The van der Waals surface area contributed by atoms with Gasteiger partial charge in [0, 0.05) is 5.56 Å². The van der Waals surface area contributed by atoms with Crippen molar-refractivity contribution in [2.24, 2.45) is 0 Å². The van der Waals surface area contributed by atoms with E-state index in [1.54, 1.807) is 6.07 Å². The summed E-state index contributed by atoms with van der Waals surface area (Å²) in [6.45, 7) is 1.90. The lowest BCUT2D eigenvalue weighted by molar-refractivity contribution is 0.0690. The fraction of sp³-hybridized carbons (Fsp3) is 0.0909. The van der Waals surface area contributed by atoms with Gasteiger partial charge in [0.05, 0.1) is 10.7 Å². The minimum Gasteiger partial charge on any atom is -0.477 e. The van der Waals surface area contributed by atoms with Crippen LogP contribution in [0.25, 0.3) is 11.3 Å². The summed E-state index contributed by atoms with van der Waals surface area (Å²) in [5, 5.41) is 15.7. The zero-order valence-corrected chi connectivity index (χ0v) is 9.25. The molecule has 0 fully saturated rings. The molecule has 0 saturated carbocycles. The quantitative estimate of drug-likeness (QED) is 0.843. The third kappa shape index (κ3) is 1.79. The first-order chi connectivity index (χ1) is 7.59. The van der Waals surface area contributed by atoms with Crippen molar-refractivity contribution in [3.05, 3.63) is 40.5 Å². The number of carboxylic acids is 1. The van der Waals surface area contributed by atoms with Gasteiger partial charge >= 0.3 is 5.97 Å². The molecule has 1 aromatic carbocycles. The average molecular weight is 237 g/mol. The van der Waals surface area contributed by atoms with Crippen LogP contribution in [0.1, 0.15) is 16.1 Å². The molecule has 5 heteroatoms. The van der Waals surface area contributed by atoms with Crippen molar-refractivity contribution < 1.29 is 9.90 Å². The molecule has 0 aliphatic carbocycles. The smallest absolute Gasteiger partial charge is 0.353 e. The van der Waals surface area contributed by atoms with E-state index < -0.39 is 5.97 Å². The highest BCUT2D eigenvalue weighted by Crippen LogP contribution is 2.29. The minimum atomic E-state index is -1.04. The number of aromatic amines is 1. The molecule has 4 nitrogen and oxygen atoms in total. The van der Waals surface area contributed by atoms with Gasteiger partial charge in [0.15, 0.2) is 0 Å². The molecule has 0 spiro atoms. The van der Waals surface area contributed by atoms with Gasteiger partial charge in [-0.15, -0.1) is 0 Å². The Labute approximate surface area is 96.9 Å². The maximum absolute atomic E-state index is 10.7. The van der Waals surface area contributed by atoms with E-state index in [0.717, 1.165) is 11.1 Å². The van der Waals surface area contributed by atoms with Crippen LogP contribution in [0.3, 0.4) is 0 Å². The van der Waals surface area contributed by atoms with Crippen LogP contribution in [0, 0.1) is 6.92 Å². The van der Waals surface area contributed by atoms with E-state index >= 15 is 0 Å². The number of carboxylic acid groups (broad SMARTS) is 1. The maximum atomic E-state index is 10.7. The molecule has 0 radical (unpaired) electrons. The second kappa shape index (κ2) is 3.98. The molecule has 0 aliphatic rings. The fourth-order valence-corrected chi connectivity index (χ4v) is 1.83. The number of hydrogen-bond donors (Lipinski definition) is 2. The van der Waals surface area contributed by atoms with Crippen molar-refractivity contribution >= 4 is 17.6 Å². The van der Waals surface area contributed by atoms with Crippen molar-refractivity contribution in [3.8, 4) is 11.3 Å². The number of aromatic nitrogens is 2. The summed E-state index contributed by atoms with van der Waals surface area (Å²) < 4.78 is 0. The number of hydrogen-bond acceptors (Lipinski definition) is 2. The van der Waals surface area contributed by atoms with Gasteiger partial charge in [0.1, 0.15) is 5.69 Å². The van der Waals surface area contributed by atoms with Crippen LogP contribution < -0.4 is 0 Å². The highest BCUT2D eigenvalue weighted by atomic mass is 35.5. The zero-order chi connectivity index (χ0) is 11.7. The highest BCUT2D eigenvalue weighted by Gasteiger charge is 2.13. The van der Waals surface area contributed by atoms with Gasteiger partial charge in [-0.3, -0.25) is 5.10 Å². The first kappa shape index (κ1) is 10.7. The first-order valence-electron chi connectivity index (χ1n) is 4.64. The van der Waals surface area contributed by atoms with E-state index in [0.29, 0.717) is 10.7 Å². The van der Waals surface area contributed by atoms with Crippen LogP contribution in [0.4, 0.5) is 0 Å². The number of rotatable bonds is 2. The largest absolute Gasteiger partial charge is 0.477 e. The van der Waals surface area contributed by atoms with E-state index in [9.17, 15) is 4.79 Å². The summed E-state index contributed by atoms with van der Waals surface area (Å²) in [7, 11) is 0. The van der Waals surface area contributed by atoms with Crippen LogP contribution in [-0.4, -0.2) is 21.3 Å².